The molecule has 1 amide bonds. The molecule has 0 spiro atoms. The van der Waals surface area contributed by atoms with Crippen LogP contribution in [0.5, 0.6) is 0 Å². The second-order valence-corrected chi connectivity index (χ2v) is 5.57. The standard InChI is InChI=1S/C15H20N2O2S/c1-4-14(18)16-15-17(8-9-19-5-2)12-7-6-11(3)10-13(12)20-15/h6-7,10H,4-5,8-9H2,1-3H3. The van der Waals surface area contributed by atoms with E-state index in [9.17, 15) is 4.79 Å². The molecule has 0 fully saturated rings. The predicted octanol–water partition coefficient (Wildman–Crippen LogP) is 2.89. The van der Waals surface area contributed by atoms with Gasteiger partial charge < -0.3 is 9.30 Å². The van der Waals surface area contributed by atoms with Crippen molar-refractivity contribution in [1.29, 1.82) is 0 Å². The number of fused-ring (bicyclic) bond motifs is 1. The number of aryl methyl sites for hydroxylation is 1. The minimum Gasteiger partial charge on any atom is -0.380 e. The van der Waals surface area contributed by atoms with E-state index in [-0.39, 0.29) is 5.91 Å². The maximum absolute atomic E-state index is 11.6. The van der Waals surface area contributed by atoms with Crippen molar-refractivity contribution in [3.05, 3.63) is 28.6 Å². The van der Waals surface area contributed by atoms with E-state index in [1.54, 1.807) is 11.3 Å². The number of hydrogen-bond donors (Lipinski definition) is 0. The van der Waals surface area contributed by atoms with Gasteiger partial charge in [0.15, 0.2) is 4.80 Å². The number of thiazole rings is 1. The number of hydrogen-bond acceptors (Lipinski definition) is 3. The van der Waals surface area contributed by atoms with E-state index >= 15 is 0 Å². The Balaban J connectivity index is 2.50. The average Bonchev–Trinajstić information content (AvgIpc) is 2.75. The van der Waals surface area contributed by atoms with Crippen molar-refractivity contribution in [3.8, 4) is 0 Å². The number of ether oxygens (including phenoxy) is 1. The number of aromatic nitrogens is 1. The summed E-state index contributed by atoms with van der Waals surface area (Å²) in [6.45, 7) is 7.91. The summed E-state index contributed by atoms with van der Waals surface area (Å²) in [5.74, 6) is -0.0848. The molecule has 0 bridgehead atoms. The summed E-state index contributed by atoms with van der Waals surface area (Å²) in [6, 6.07) is 6.30. The summed E-state index contributed by atoms with van der Waals surface area (Å²) in [5, 5.41) is 0. The van der Waals surface area contributed by atoms with Gasteiger partial charge in [0.2, 0.25) is 5.91 Å². The van der Waals surface area contributed by atoms with Crippen molar-refractivity contribution < 1.29 is 9.53 Å². The van der Waals surface area contributed by atoms with Gasteiger partial charge in [-0.1, -0.05) is 24.3 Å². The molecule has 0 aliphatic rings. The molecule has 20 heavy (non-hydrogen) atoms. The first-order chi connectivity index (χ1) is 9.65. The van der Waals surface area contributed by atoms with Gasteiger partial charge in [-0.05, 0) is 31.5 Å². The summed E-state index contributed by atoms with van der Waals surface area (Å²) in [6.07, 6.45) is 0.429. The van der Waals surface area contributed by atoms with Gasteiger partial charge in [-0.3, -0.25) is 4.79 Å². The van der Waals surface area contributed by atoms with Crippen LogP contribution >= 0.6 is 11.3 Å². The Morgan fingerprint density at radius 1 is 1.40 bits per heavy atom. The van der Waals surface area contributed by atoms with Crippen LogP contribution in [0.2, 0.25) is 0 Å². The van der Waals surface area contributed by atoms with E-state index in [0.29, 0.717) is 26.2 Å². The molecule has 0 unspecified atom stereocenters. The lowest BCUT2D eigenvalue weighted by atomic mass is 10.2. The summed E-state index contributed by atoms with van der Waals surface area (Å²) in [7, 11) is 0. The lowest BCUT2D eigenvalue weighted by Crippen LogP contribution is -2.19. The van der Waals surface area contributed by atoms with Crippen molar-refractivity contribution in [2.24, 2.45) is 4.99 Å². The van der Waals surface area contributed by atoms with E-state index in [4.69, 9.17) is 4.74 Å². The highest BCUT2D eigenvalue weighted by molar-refractivity contribution is 7.16. The van der Waals surface area contributed by atoms with Gasteiger partial charge in [-0.2, -0.15) is 4.99 Å². The molecule has 0 saturated carbocycles. The molecule has 2 aromatic rings. The summed E-state index contributed by atoms with van der Waals surface area (Å²) in [4.78, 5) is 16.6. The summed E-state index contributed by atoms with van der Waals surface area (Å²) < 4.78 is 8.65. The quantitative estimate of drug-likeness (QED) is 0.795. The molecule has 0 aliphatic carbocycles. The Kier molecular flexibility index (Phi) is 5.09. The van der Waals surface area contributed by atoms with E-state index < -0.39 is 0 Å². The highest BCUT2D eigenvalue weighted by Crippen LogP contribution is 2.18. The zero-order chi connectivity index (χ0) is 14.5. The minimum absolute atomic E-state index is 0.0848. The molecular formula is C15H20N2O2S. The molecule has 0 aliphatic heterocycles. The van der Waals surface area contributed by atoms with Crippen molar-refractivity contribution in [3.63, 3.8) is 0 Å². The highest BCUT2D eigenvalue weighted by atomic mass is 32.1. The van der Waals surface area contributed by atoms with Crippen LogP contribution in [0.25, 0.3) is 10.2 Å². The number of carbonyl (C=O) groups excluding carboxylic acids is 1. The Morgan fingerprint density at radius 3 is 2.90 bits per heavy atom. The highest BCUT2D eigenvalue weighted by Gasteiger charge is 2.07. The molecule has 2 rings (SSSR count). The molecule has 0 radical (unpaired) electrons. The van der Waals surface area contributed by atoms with Gasteiger partial charge in [0.05, 0.1) is 16.8 Å². The normalized spacial score (nSPS) is 12.2. The van der Waals surface area contributed by atoms with Crippen LogP contribution < -0.4 is 4.80 Å². The Bertz CT molecular complexity index is 670. The Labute approximate surface area is 122 Å². The fourth-order valence-electron chi connectivity index (χ4n) is 1.97. The van der Waals surface area contributed by atoms with Gasteiger partial charge in [-0.15, -0.1) is 0 Å². The zero-order valence-electron chi connectivity index (χ0n) is 12.2. The zero-order valence-corrected chi connectivity index (χ0v) is 13.0. The maximum atomic E-state index is 11.6. The first kappa shape index (κ1) is 14.9. The molecule has 0 atom stereocenters. The molecule has 1 heterocycles. The fourth-order valence-corrected chi connectivity index (χ4v) is 3.14. The van der Waals surface area contributed by atoms with E-state index in [1.165, 1.54) is 5.56 Å². The van der Waals surface area contributed by atoms with E-state index in [2.05, 4.69) is 34.7 Å². The van der Waals surface area contributed by atoms with Crippen molar-refractivity contribution in [2.75, 3.05) is 13.2 Å². The van der Waals surface area contributed by atoms with Crippen LogP contribution in [0.15, 0.2) is 23.2 Å². The molecule has 5 heteroatoms. The monoisotopic (exact) mass is 292 g/mol. The van der Waals surface area contributed by atoms with Crippen LogP contribution in [-0.2, 0) is 16.1 Å². The van der Waals surface area contributed by atoms with Crippen molar-refractivity contribution >= 4 is 27.5 Å². The van der Waals surface area contributed by atoms with Gasteiger partial charge in [0, 0.05) is 19.6 Å². The third-order valence-corrected chi connectivity index (χ3v) is 4.07. The fraction of sp³-hybridized carbons (Fsp3) is 0.467. The van der Waals surface area contributed by atoms with Crippen molar-refractivity contribution in [1.82, 2.24) is 4.57 Å². The Hall–Kier alpha value is -1.46. The predicted molar refractivity (Wildman–Crippen MR) is 81.9 cm³/mol. The molecule has 108 valence electrons. The summed E-state index contributed by atoms with van der Waals surface area (Å²) >= 11 is 1.56. The molecule has 0 N–H and O–H groups in total. The SMILES string of the molecule is CCOCCn1c(=NC(=O)CC)sc2cc(C)ccc21. The molecule has 4 nitrogen and oxygen atoms in total. The minimum atomic E-state index is -0.0848. The second kappa shape index (κ2) is 6.81. The third-order valence-electron chi connectivity index (χ3n) is 3.02. The lowest BCUT2D eigenvalue weighted by Gasteiger charge is -2.05. The van der Waals surface area contributed by atoms with Crippen LogP contribution in [0.4, 0.5) is 0 Å². The number of benzene rings is 1. The average molecular weight is 292 g/mol. The van der Waals surface area contributed by atoms with Gasteiger partial charge in [0.25, 0.3) is 0 Å². The molecular weight excluding hydrogens is 272 g/mol. The topological polar surface area (TPSA) is 43.6 Å². The largest absolute Gasteiger partial charge is 0.380 e. The van der Waals surface area contributed by atoms with E-state index in [1.807, 2.05) is 13.8 Å². The molecule has 1 aromatic heterocycles. The van der Waals surface area contributed by atoms with Gasteiger partial charge in [-0.25, -0.2) is 0 Å². The number of amides is 1. The first-order valence-corrected chi connectivity index (χ1v) is 7.72. The van der Waals surface area contributed by atoms with E-state index in [0.717, 1.165) is 15.0 Å². The van der Waals surface area contributed by atoms with Crippen LogP contribution in [0, 0.1) is 6.92 Å². The number of nitrogens with zero attached hydrogens (tertiary/aromatic N) is 2. The number of rotatable bonds is 5. The maximum Gasteiger partial charge on any atom is 0.248 e. The molecule has 0 saturated heterocycles. The van der Waals surface area contributed by atoms with Crippen LogP contribution in [0.1, 0.15) is 25.8 Å². The first-order valence-electron chi connectivity index (χ1n) is 6.91. The molecule has 1 aromatic carbocycles. The van der Waals surface area contributed by atoms with Crippen LogP contribution in [-0.4, -0.2) is 23.7 Å². The van der Waals surface area contributed by atoms with Gasteiger partial charge >= 0.3 is 0 Å². The van der Waals surface area contributed by atoms with Gasteiger partial charge in [0.1, 0.15) is 0 Å². The summed E-state index contributed by atoms with van der Waals surface area (Å²) in [5.41, 5.74) is 2.33. The third kappa shape index (κ3) is 3.35. The smallest absolute Gasteiger partial charge is 0.248 e. The second-order valence-electron chi connectivity index (χ2n) is 4.56. The lowest BCUT2D eigenvalue weighted by molar-refractivity contribution is -0.117. The number of carbonyl (C=O) groups is 1. The van der Waals surface area contributed by atoms with Crippen molar-refractivity contribution in [2.45, 2.75) is 33.7 Å². The Morgan fingerprint density at radius 2 is 2.20 bits per heavy atom. The van der Waals surface area contributed by atoms with Crippen LogP contribution in [0.3, 0.4) is 0 Å².